The molecule has 2 aliphatic carbocycles. The number of anilines is 1. The lowest BCUT2D eigenvalue weighted by molar-refractivity contribution is 0.158. The average Bonchev–Trinajstić information content (AvgIpc) is 2.88. The van der Waals surface area contributed by atoms with E-state index in [4.69, 9.17) is 19.8 Å². The maximum atomic E-state index is 7.57. The summed E-state index contributed by atoms with van der Waals surface area (Å²) >= 11 is 0. The summed E-state index contributed by atoms with van der Waals surface area (Å²) in [5.74, 6) is 1.94. The van der Waals surface area contributed by atoms with Crippen LogP contribution in [0, 0.1) is 12.8 Å². The van der Waals surface area contributed by atoms with Crippen LogP contribution in [0.25, 0.3) is 10.9 Å². The largest absolute Gasteiger partial charge is 0.397 e. The van der Waals surface area contributed by atoms with Crippen LogP contribution in [0.3, 0.4) is 0 Å². The Balaban J connectivity index is 0.00000121. The number of hydrogen-bond donors (Lipinski definition) is 2. The number of pyridine rings is 2. The summed E-state index contributed by atoms with van der Waals surface area (Å²) in [7, 11) is 0. The number of aliphatic hydroxyl groups excluding tert-OH is 1. The third-order valence-corrected chi connectivity index (χ3v) is 6.93. The average molecular weight is 504 g/mol. The Morgan fingerprint density at radius 1 is 1.11 bits per heavy atom. The van der Waals surface area contributed by atoms with E-state index in [2.05, 4.69) is 67.7 Å². The SMILES string of the molecule is CCO.CCOCCNc1nc(C)cc2nc(C3C=CC(C)=C(CCCC4C=C(C)C=CC4)C3)ccc12. The van der Waals surface area contributed by atoms with Gasteiger partial charge in [-0.2, -0.15) is 0 Å². The van der Waals surface area contributed by atoms with E-state index < -0.39 is 0 Å². The molecule has 2 heterocycles. The topological polar surface area (TPSA) is 67.3 Å². The van der Waals surface area contributed by atoms with Crippen LogP contribution in [0.15, 0.2) is 65.3 Å². The van der Waals surface area contributed by atoms with Crippen molar-refractivity contribution in [2.45, 2.75) is 72.6 Å². The molecule has 0 bridgehead atoms. The lowest BCUT2D eigenvalue weighted by atomic mass is 9.84. The number of aromatic nitrogens is 2. The number of allylic oxidation sites excluding steroid dienone is 8. The van der Waals surface area contributed by atoms with Gasteiger partial charge in [0.25, 0.3) is 0 Å². The van der Waals surface area contributed by atoms with E-state index in [1.807, 2.05) is 13.8 Å². The second-order valence-corrected chi connectivity index (χ2v) is 10.0. The maximum absolute atomic E-state index is 7.57. The van der Waals surface area contributed by atoms with Gasteiger partial charge in [-0.25, -0.2) is 4.98 Å². The van der Waals surface area contributed by atoms with Crippen molar-refractivity contribution >= 4 is 16.7 Å². The van der Waals surface area contributed by atoms with E-state index >= 15 is 0 Å². The minimum atomic E-state index is 0.250. The molecular formula is C32H45N3O2. The number of nitrogens with zero attached hydrogens (tertiary/aromatic N) is 2. The van der Waals surface area contributed by atoms with Gasteiger partial charge >= 0.3 is 0 Å². The first-order valence-corrected chi connectivity index (χ1v) is 13.9. The Morgan fingerprint density at radius 3 is 2.68 bits per heavy atom. The molecule has 4 rings (SSSR count). The first-order valence-electron chi connectivity index (χ1n) is 13.9. The Morgan fingerprint density at radius 2 is 1.92 bits per heavy atom. The third-order valence-electron chi connectivity index (χ3n) is 6.93. The first-order chi connectivity index (χ1) is 17.9. The third kappa shape index (κ3) is 8.65. The van der Waals surface area contributed by atoms with Gasteiger partial charge in [0.2, 0.25) is 0 Å². The van der Waals surface area contributed by atoms with Crippen molar-refractivity contribution in [3.05, 3.63) is 76.7 Å². The zero-order valence-electron chi connectivity index (χ0n) is 23.4. The number of ether oxygens (including phenoxy) is 1. The number of nitrogens with one attached hydrogen (secondary N) is 1. The summed E-state index contributed by atoms with van der Waals surface area (Å²) in [6.07, 6.45) is 17.6. The molecule has 0 aliphatic heterocycles. The van der Waals surface area contributed by atoms with Crippen LogP contribution in [0.1, 0.15) is 77.1 Å². The molecule has 2 aliphatic rings. The van der Waals surface area contributed by atoms with Crippen molar-refractivity contribution < 1.29 is 9.84 Å². The summed E-state index contributed by atoms with van der Waals surface area (Å²) in [5.41, 5.74) is 7.58. The molecule has 2 unspecified atom stereocenters. The molecule has 200 valence electrons. The lowest BCUT2D eigenvalue weighted by Crippen LogP contribution is -2.11. The number of aliphatic hydroxyl groups is 1. The second kappa shape index (κ2) is 14.8. The standard InChI is InChI=1S/C30H39N3O.C2H6O/c1-5-34-17-16-31-30-27-14-15-28(33-29(27)19-23(4)32-30)26-13-12-22(3)25(20-26)11-7-10-24-9-6-8-21(2)18-24;1-2-3/h6,8,12-15,18-19,24,26H,5,7,9-11,16-17,20H2,1-4H3,(H,31,32);3H,2H2,1H3. The normalized spacial score (nSPS) is 19.0. The number of hydrogen-bond acceptors (Lipinski definition) is 5. The fourth-order valence-corrected chi connectivity index (χ4v) is 5.07. The van der Waals surface area contributed by atoms with Crippen LogP contribution in [-0.2, 0) is 4.74 Å². The van der Waals surface area contributed by atoms with E-state index in [0.29, 0.717) is 18.4 Å². The minimum absolute atomic E-state index is 0.250. The summed E-state index contributed by atoms with van der Waals surface area (Å²) < 4.78 is 5.46. The van der Waals surface area contributed by atoms with E-state index in [-0.39, 0.29) is 6.61 Å². The summed E-state index contributed by atoms with van der Waals surface area (Å²) in [6, 6.07) is 6.45. The molecule has 0 saturated carbocycles. The predicted octanol–water partition coefficient (Wildman–Crippen LogP) is 7.44. The smallest absolute Gasteiger partial charge is 0.135 e. The van der Waals surface area contributed by atoms with Gasteiger partial charge < -0.3 is 15.2 Å². The van der Waals surface area contributed by atoms with Gasteiger partial charge in [0, 0.05) is 42.5 Å². The second-order valence-electron chi connectivity index (χ2n) is 10.0. The molecule has 37 heavy (non-hydrogen) atoms. The molecular weight excluding hydrogens is 458 g/mol. The molecule has 0 radical (unpaired) electrons. The van der Waals surface area contributed by atoms with Gasteiger partial charge in [0.1, 0.15) is 5.82 Å². The highest BCUT2D eigenvalue weighted by atomic mass is 16.5. The highest BCUT2D eigenvalue weighted by Gasteiger charge is 2.19. The highest BCUT2D eigenvalue weighted by Crippen LogP contribution is 2.35. The number of fused-ring (bicyclic) bond motifs is 1. The molecule has 2 aromatic heterocycles. The van der Waals surface area contributed by atoms with E-state index in [0.717, 1.165) is 47.7 Å². The van der Waals surface area contributed by atoms with Crippen LogP contribution in [0.2, 0.25) is 0 Å². The van der Waals surface area contributed by atoms with Crippen LogP contribution in [0.4, 0.5) is 5.82 Å². The quantitative estimate of drug-likeness (QED) is 0.330. The summed E-state index contributed by atoms with van der Waals surface area (Å²) in [4.78, 5) is 9.79. The molecule has 2 atom stereocenters. The molecule has 2 N–H and O–H groups in total. The van der Waals surface area contributed by atoms with E-state index in [1.165, 1.54) is 36.8 Å². The number of rotatable bonds is 10. The zero-order valence-corrected chi connectivity index (χ0v) is 23.4. The molecule has 0 spiro atoms. The van der Waals surface area contributed by atoms with Gasteiger partial charge in [-0.3, -0.25) is 4.98 Å². The molecule has 0 aromatic carbocycles. The fraction of sp³-hybridized carbons (Fsp3) is 0.500. The first kappa shape index (κ1) is 28.8. The molecule has 0 amide bonds. The van der Waals surface area contributed by atoms with Crippen molar-refractivity contribution in [3.8, 4) is 0 Å². The van der Waals surface area contributed by atoms with Crippen LogP contribution in [-0.4, -0.2) is 41.4 Å². The fourth-order valence-electron chi connectivity index (χ4n) is 5.07. The highest BCUT2D eigenvalue weighted by molar-refractivity contribution is 5.89. The Kier molecular flexibility index (Phi) is 11.6. The minimum Gasteiger partial charge on any atom is -0.397 e. The van der Waals surface area contributed by atoms with Crippen LogP contribution in [0.5, 0.6) is 0 Å². The van der Waals surface area contributed by atoms with Gasteiger partial charge in [-0.1, -0.05) is 47.1 Å². The summed E-state index contributed by atoms with van der Waals surface area (Å²) in [6.45, 7) is 12.6. The molecule has 2 aromatic rings. The van der Waals surface area contributed by atoms with Crippen molar-refractivity contribution in [1.82, 2.24) is 9.97 Å². The van der Waals surface area contributed by atoms with E-state index in [9.17, 15) is 0 Å². The Labute approximate surface area is 223 Å². The van der Waals surface area contributed by atoms with Gasteiger partial charge in [-0.15, -0.1) is 0 Å². The number of aryl methyl sites for hydroxylation is 1. The monoisotopic (exact) mass is 503 g/mol. The maximum Gasteiger partial charge on any atom is 0.135 e. The van der Waals surface area contributed by atoms with Gasteiger partial charge in [0.15, 0.2) is 0 Å². The lowest BCUT2D eigenvalue weighted by Gasteiger charge is -2.22. The Bertz CT molecular complexity index is 1150. The predicted molar refractivity (Wildman–Crippen MR) is 156 cm³/mol. The Hall–Kier alpha value is -2.76. The van der Waals surface area contributed by atoms with E-state index in [1.54, 1.807) is 12.5 Å². The van der Waals surface area contributed by atoms with Crippen LogP contribution >= 0.6 is 0 Å². The van der Waals surface area contributed by atoms with Crippen molar-refractivity contribution in [1.29, 1.82) is 0 Å². The van der Waals surface area contributed by atoms with Crippen molar-refractivity contribution in [2.24, 2.45) is 5.92 Å². The van der Waals surface area contributed by atoms with Gasteiger partial charge in [-0.05, 0) is 90.8 Å². The van der Waals surface area contributed by atoms with Gasteiger partial charge in [0.05, 0.1) is 12.1 Å². The zero-order chi connectivity index (χ0) is 26.6. The molecule has 0 saturated heterocycles. The van der Waals surface area contributed by atoms with Crippen LogP contribution < -0.4 is 5.32 Å². The van der Waals surface area contributed by atoms with Crippen molar-refractivity contribution in [2.75, 3.05) is 31.7 Å². The molecule has 0 fully saturated rings. The molecule has 5 heteroatoms. The summed E-state index contributed by atoms with van der Waals surface area (Å²) in [5, 5.41) is 12.1. The molecule has 5 nitrogen and oxygen atoms in total. The van der Waals surface area contributed by atoms with Crippen molar-refractivity contribution in [3.63, 3.8) is 0 Å².